The number of hydrogen-bond donors (Lipinski definition) is 1. The van der Waals surface area contributed by atoms with Crippen molar-refractivity contribution in [1.29, 1.82) is 0 Å². The van der Waals surface area contributed by atoms with Gasteiger partial charge in [0.05, 0.1) is 12.2 Å². The molecule has 2 rings (SSSR count). The van der Waals surface area contributed by atoms with Crippen LogP contribution in [0.3, 0.4) is 0 Å². The van der Waals surface area contributed by atoms with E-state index in [9.17, 15) is 5.11 Å². The van der Waals surface area contributed by atoms with Crippen LogP contribution in [-0.4, -0.2) is 36.2 Å². The van der Waals surface area contributed by atoms with Gasteiger partial charge in [-0.25, -0.2) is 0 Å². The van der Waals surface area contributed by atoms with Gasteiger partial charge in [-0.2, -0.15) is 0 Å². The summed E-state index contributed by atoms with van der Waals surface area (Å²) in [7, 11) is 0. The molecule has 0 radical (unpaired) electrons. The number of aliphatic hydroxyl groups is 1. The van der Waals surface area contributed by atoms with Crippen molar-refractivity contribution in [2.75, 3.05) is 26.2 Å². The molecule has 0 saturated carbocycles. The maximum Gasteiger partial charge on any atom is 0.125 e. The fourth-order valence-corrected chi connectivity index (χ4v) is 2.64. The molecule has 3 heteroatoms. The Kier molecular flexibility index (Phi) is 4.25. The second kappa shape index (κ2) is 5.72. The Morgan fingerprint density at radius 3 is 2.50 bits per heavy atom. The molecule has 1 aromatic rings. The van der Waals surface area contributed by atoms with E-state index < -0.39 is 5.60 Å². The lowest BCUT2D eigenvalue weighted by atomic mass is 9.84. The Morgan fingerprint density at radius 2 is 1.89 bits per heavy atom. The van der Waals surface area contributed by atoms with Crippen LogP contribution in [0.2, 0.25) is 0 Å². The van der Waals surface area contributed by atoms with E-state index in [0.29, 0.717) is 6.61 Å². The zero-order valence-electron chi connectivity index (χ0n) is 11.4. The summed E-state index contributed by atoms with van der Waals surface area (Å²) in [5.41, 5.74) is 0.222. The van der Waals surface area contributed by atoms with Crippen molar-refractivity contribution in [1.82, 2.24) is 4.90 Å². The first-order valence-corrected chi connectivity index (χ1v) is 6.86. The largest absolute Gasteiger partial charge is 0.493 e. The molecular formula is C15H23NO2. The van der Waals surface area contributed by atoms with Crippen molar-refractivity contribution >= 4 is 0 Å². The molecule has 1 N–H and O–H groups in total. The van der Waals surface area contributed by atoms with Crippen LogP contribution in [0.4, 0.5) is 0 Å². The maximum atomic E-state index is 10.9. The highest BCUT2D eigenvalue weighted by molar-refractivity contribution is 5.38. The summed E-state index contributed by atoms with van der Waals surface area (Å²) in [6.07, 6.45) is 1.57. The molecule has 1 aliphatic heterocycles. The lowest BCUT2D eigenvalue weighted by Crippen LogP contribution is -2.42. The summed E-state index contributed by atoms with van der Waals surface area (Å²) < 4.78 is 5.63. The summed E-state index contributed by atoms with van der Waals surface area (Å²) >= 11 is 0. The Balaban J connectivity index is 2.20. The molecule has 0 bridgehead atoms. The molecule has 0 unspecified atom stereocenters. The minimum Gasteiger partial charge on any atom is -0.493 e. The van der Waals surface area contributed by atoms with Crippen LogP contribution in [0.25, 0.3) is 0 Å². The third-order valence-electron chi connectivity index (χ3n) is 3.82. The van der Waals surface area contributed by atoms with Crippen molar-refractivity contribution < 1.29 is 9.84 Å². The van der Waals surface area contributed by atoms with E-state index in [4.69, 9.17) is 4.74 Å². The van der Waals surface area contributed by atoms with Gasteiger partial charge in [-0.3, -0.25) is 0 Å². The number of ether oxygens (including phenoxy) is 1. The smallest absolute Gasteiger partial charge is 0.125 e. The number of likely N-dealkylation sites (tertiary alicyclic amines) is 1. The molecule has 100 valence electrons. The monoisotopic (exact) mass is 249 g/mol. The lowest BCUT2D eigenvalue weighted by Gasteiger charge is -2.38. The van der Waals surface area contributed by atoms with E-state index in [1.165, 1.54) is 0 Å². The van der Waals surface area contributed by atoms with E-state index >= 15 is 0 Å². The summed E-state index contributed by atoms with van der Waals surface area (Å²) in [5, 5.41) is 10.9. The summed E-state index contributed by atoms with van der Waals surface area (Å²) in [6, 6.07) is 7.87. The van der Waals surface area contributed by atoms with Crippen molar-refractivity contribution in [3.63, 3.8) is 0 Å². The molecule has 0 spiro atoms. The molecule has 18 heavy (non-hydrogen) atoms. The van der Waals surface area contributed by atoms with Crippen LogP contribution in [-0.2, 0) is 5.60 Å². The SMILES string of the molecule is CCOc1ccccc1C1(O)CCN(CC)CC1. The number of nitrogens with zero attached hydrogens (tertiary/aromatic N) is 1. The van der Waals surface area contributed by atoms with Gasteiger partial charge < -0.3 is 14.7 Å². The van der Waals surface area contributed by atoms with Crippen LogP contribution < -0.4 is 4.74 Å². The van der Waals surface area contributed by atoms with Crippen molar-refractivity contribution in [3.05, 3.63) is 29.8 Å². The van der Waals surface area contributed by atoms with Gasteiger partial charge in [-0.05, 0) is 32.4 Å². The second-order valence-electron chi connectivity index (χ2n) is 4.90. The number of piperidine rings is 1. The van der Waals surface area contributed by atoms with Gasteiger partial charge in [0.1, 0.15) is 5.75 Å². The van der Waals surface area contributed by atoms with Gasteiger partial charge >= 0.3 is 0 Å². The minimum absolute atomic E-state index is 0.633. The first-order valence-electron chi connectivity index (χ1n) is 6.86. The van der Waals surface area contributed by atoms with Crippen LogP contribution in [0, 0.1) is 0 Å². The number of benzene rings is 1. The molecule has 3 nitrogen and oxygen atoms in total. The van der Waals surface area contributed by atoms with Gasteiger partial charge in [0, 0.05) is 18.7 Å². The predicted octanol–water partition coefficient (Wildman–Crippen LogP) is 2.39. The second-order valence-corrected chi connectivity index (χ2v) is 4.90. The number of hydrogen-bond acceptors (Lipinski definition) is 3. The highest BCUT2D eigenvalue weighted by Gasteiger charge is 2.35. The Bertz CT molecular complexity index is 384. The van der Waals surface area contributed by atoms with E-state index in [1.54, 1.807) is 0 Å². The predicted molar refractivity (Wildman–Crippen MR) is 72.9 cm³/mol. The quantitative estimate of drug-likeness (QED) is 0.889. The zero-order chi connectivity index (χ0) is 13.0. The zero-order valence-corrected chi connectivity index (χ0v) is 11.4. The first kappa shape index (κ1) is 13.4. The van der Waals surface area contributed by atoms with Crippen molar-refractivity contribution in [2.24, 2.45) is 0 Å². The molecular weight excluding hydrogens is 226 g/mol. The van der Waals surface area contributed by atoms with E-state index in [-0.39, 0.29) is 0 Å². The number of rotatable bonds is 4. The van der Waals surface area contributed by atoms with Gasteiger partial charge in [0.25, 0.3) is 0 Å². The number of para-hydroxylation sites is 1. The topological polar surface area (TPSA) is 32.7 Å². The molecule has 1 heterocycles. The molecule has 0 atom stereocenters. The van der Waals surface area contributed by atoms with E-state index in [1.807, 2.05) is 31.2 Å². The summed E-state index contributed by atoms with van der Waals surface area (Å²) in [5.74, 6) is 0.826. The molecule has 1 aliphatic rings. The van der Waals surface area contributed by atoms with Crippen LogP contribution >= 0.6 is 0 Å². The van der Waals surface area contributed by atoms with Gasteiger partial charge in [0.2, 0.25) is 0 Å². The Labute approximate surface area is 109 Å². The normalized spacial score (nSPS) is 19.7. The highest BCUT2D eigenvalue weighted by atomic mass is 16.5. The van der Waals surface area contributed by atoms with Crippen LogP contribution in [0.5, 0.6) is 5.75 Å². The average Bonchev–Trinajstić information content (AvgIpc) is 2.41. The molecule has 1 aromatic carbocycles. The Hall–Kier alpha value is -1.06. The van der Waals surface area contributed by atoms with E-state index in [2.05, 4.69) is 11.8 Å². The average molecular weight is 249 g/mol. The molecule has 0 aromatic heterocycles. The Morgan fingerprint density at radius 1 is 1.22 bits per heavy atom. The molecule has 1 fully saturated rings. The van der Waals surface area contributed by atoms with Crippen LogP contribution in [0.15, 0.2) is 24.3 Å². The lowest BCUT2D eigenvalue weighted by molar-refractivity contribution is -0.0265. The molecule has 0 amide bonds. The standard InChI is InChI=1S/C15H23NO2/c1-3-16-11-9-15(17,10-12-16)13-7-5-6-8-14(13)18-4-2/h5-8,17H,3-4,9-12H2,1-2H3. The van der Waals surface area contributed by atoms with Gasteiger partial charge in [-0.15, -0.1) is 0 Å². The third-order valence-corrected chi connectivity index (χ3v) is 3.82. The fourth-order valence-electron chi connectivity index (χ4n) is 2.64. The van der Waals surface area contributed by atoms with E-state index in [0.717, 1.165) is 43.8 Å². The highest BCUT2D eigenvalue weighted by Crippen LogP contribution is 2.37. The fraction of sp³-hybridized carbons (Fsp3) is 0.600. The maximum absolute atomic E-state index is 10.9. The van der Waals surface area contributed by atoms with Crippen molar-refractivity contribution in [2.45, 2.75) is 32.3 Å². The third kappa shape index (κ3) is 2.68. The van der Waals surface area contributed by atoms with Crippen molar-refractivity contribution in [3.8, 4) is 5.75 Å². The molecule has 0 aliphatic carbocycles. The first-order chi connectivity index (χ1) is 8.69. The van der Waals surface area contributed by atoms with Crippen LogP contribution in [0.1, 0.15) is 32.3 Å². The van der Waals surface area contributed by atoms with Gasteiger partial charge in [0.15, 0.2) is 0 Å². The summed E-state index contributed by atoms with van der Waals surface area (Å²) in [4.78, 5) is 2.37. The summed E-state index contributed by atoms with van der Waals surface area (Å²) in [6.45, 7) is 7.73. The minimum atomic E-state index is -0.725. The molecule has 1 saturated heterocycles. The van der Waals surface area contributed by atoms with Gasteiger partial charge in [-0.1, -0.05) is 25.1 Å².